The van der Waals surface area contributed by atoms with E-state index in [1.807, 2.05) is 0 Å². The van der Waals surface area contributed by atoms with Crippen molar-refractivity contribution in [3.63, 3.8) is 0 Å². The highest BCUT2D eigenvalue weighted by Gasteiger charge is 2.64. The van der Waals surface area contributed by atoms with E-state index in [-0.39, 0.29) is 36.6 Å². The molecule has 2 aliphatic rings. The Labute approximate surface area is 303 Å². The number of alkyl halides is 2. The number of nitrogen functional groups attached to an aromatic ring is 2. The fourth-order valence-electron chi connectivity index (χ4n) is 5.21. The van der Waals surface area contributed by atoms with Crippen molar-refractivity contribution in [3.8, 4) is 0 Å². The molecule has 22 nitrogen and oxygen atoms in total. The fourth-order valence-corrected chi connectivity index (χ4v) is 14.2. The first-order valence-corrected chi connectivity index (χ1v) is 22.6. The molecule has 51 heavy (non-hydrogen) atoms. The van der Waals surface area contributed by atoms with Gasteiger partial charge in [0, 0.05) is 12.8 Å². The van der Waals surface area contributed by atoms with Gasteiger partial charge in [0.15, 0.2) is 22.9 Å². The molecule has 0 radical (unpaired) electrons. The van der Waals surface area contributed by atoms with Crippen LogP contribution < -0.4 is 11.5 Å². The number of rotatable bonds is 14. The average molecular weight is 920 g/mol. The molecule has 4 aromatic rings. The van der Waals surface area contributed by atoms with E-state index in [4.69, 9.17) is 20.9 Å². The lowest BCUT2D eigenvalue weighted by molar-refractivity contribution is 0.102. The summed E-state index contributed by atoms with van der Waals surface area (Å²) in [5.74, 6) is 0.365. The molecule has 0 bridgehead atoms. The second kappa shape index (κ2) is 14.2. The zero-order chi connectivity index (χ0) is 37.0. The second-order valence-electron chi connectivity index (χ2n) is 11.2. The lowest BCUT2D eigenvalue weighted by Crippen LogP contribution is -2.18. The lowest BCUT2D eigenvalue weighted by atomic mass is 10.2. The van der Waals surface area contributed by atoms with Crippen LogP contribution in [0.25, 0.3) is 22.3 Å². The number of ether oxygens (including phenoxy) is 2. The molecule has 4 aromatic heterocycles. The minimum Gasteiger partial charge on any atom is -0.382 e. The molecule has 8 unspecified atom stereocenters. The van der Waals surface area contributed by atoms with Gasteiger partial charge in [-0.2, -0.15) is 0 Å². The standard InChI is InChI=1S/C23H28Br2N10O12P4/c24-23(25,50(40,41)46-48(36,37)11-44-15-3-1-13(5-15)34-9-32-17-19(26)28-7-30-21(17)34)51(42,43)47-49(38,39)12-45-16-4-2-14(6-16)35-10-33-18-20(27)29-8-31-22(18)35/h1-4,7-10,13-16H,5-6,11-12H2,(H,36,37)(H,38,39)(H,40,41)(H,42,43)(H2,26,28,30)(H2,27,29,31). The van der Waals surface area contributed by atoms with E-state index in [2.05, 4.69) is 70.4 Å². The molecule has 4 heterocycles. The number of nitrogens with two attached hydrogens (primary N) is 2. The molecule has 0 aliphatic heterocycles. The van der Waals surface area contributed by atoms with Crippen LogP contribution in [0, 0.1) is 0 Å². The van der Waals surface area contributed by atoms with E-state index in [0.29, 0.717) is 22.3 Å². The number of aromatic nitrogens is 8. The van der Waals surface area contributed by atoms with Gasteiger partial charge in [-0.05, 0) is 31.9 Å². The van der Waals surface area contributed by atoms with Gasteiger partial charge >= 0.3 is 30.4 Å². The molecular weight excluding hydrogens is 892 g/mol. The van der Waals surface area contributed by atoms with Crippen LogP contribution >= 0.6 is 62.2 Å². The average Bonchev–Trinajstić information content (AvgIpc) is 3.84. The third-order valence-corrected chi connectivity index (χ3v) is 20.6. The first-order valence-electron chi connectivity index (χ1n) is 14.3. The summed E-state index contributed by atoms with van der Waals surface area (Å²) in [4.78, 5) is 66.3. The van der Waals surface area contributed by atoms with Gasteiger partial charge in [-0.3, -0.25) is 18.3 Å². The Balaban J connectivity index is 1.02. The van der Waals surface area contributed by atoms with Gasteiger partial charge in [0.25, 0.3) is 2.72 Å². The van der Waals surface area contributed by atoms with Gasteiger partial charge in [0.05, 0.1) is 36.9 Å². The smallest absolute Gasteiger partial charge is 0.375 e. The van der Waals surface area contributed by atoms with Crippen LogP contribution in [0.5, 0.6) is 0 Å². The second-order valence-corrected chi connectivity index (χ2v) is 25.2. The monoisotopic (exact) mass is 918 g/mol. The number of hydrogen-bond acceptors (Lipinski definition) is 16. The summed E-state index contributed by atoms with van der Waals surface area (Å²) in [6, 6.07) is -0.688. The maximum absolute atomic E-state index is 13.1. The molecular formula is C23H28Br2N10O12P4. The number of imidazole rings is 2. The van der Waals surface area contributed by atoms with Crippen LogP contribution in [0.1, 0.15) is 24.9 Å². The van der Waals surface area contributed by atoms with Gasteiger partial charge in [0.1, 0.15) is 36.4 Å². The Morgan fingerprint density at radius 2 is 1.08 bits per heavy atom. The Bertz CT molecular complexity index is 2080. The molecule has 8 N–H and O–H groups in total. The largest absolute Gasteiger partial charge is 0.382 e. The van der Waals surface area contributed by atoms with Crippen LogP contribution in [0.2, 0.25) is 0 Å². The zero-order valence-corrected chi connectivity index (χ0v) is 32.3. The topological polar surface area (TPSA) is 325 Å². The fraction of sp³-hybridized carbons (Fsp3) is 0.391. The predicted molar refractivity (Wildman–Crippen MR) is 187 cm³/mol. The summed E-state index contributed by atoms with van der Waals surface area (Å²) in [6.07, 6.45) is 8.81. The summed E-state index contributed by atoms with van der Waals surface area (Å²) >= 11 is 4.98. The Kier molecular flexibility index (Phi) is 10.7. The van der Waals surface area contributed by atoms with Crippen molar-refractivity contribution in [2.24, 2.45) is 0 Å². The van der Waals surface area contributed by atoms with E-state index in [0.717, 1.165) is 0 Å². The molecule has 0 spiro atoms. The number of hydrogen-bond donors (Lipinski definition) is 6. The van der Waals surface area contributed by atoms with Crippen LogP contribution in [0.15, 0.2) is 49.6 Å². The van der Waals surface area contributed by atoms with Crippen molar-refractivity contribution in [3.05, 3.63) is 49.6 Å². The Morgan fingerprint density at radius 3 is 1.47 bits per heavy atom. The Hall–Kier alpha value is -2.26. The van der Waals surface area contributed by atoms with Gasteiger partial charge in [0.2, 0.25) is 0 Å². The van der Waals surface area contributed by atoms with Gasteiger partial charge in [-0.1, -0.05) is 24.3 Å². The highest BCUT2D eigenvalue weighted by Crippen LogP contribution is 2.85. The Morgan fingerprint density at radius 1 is 0.686 bits per heavy atom. The summed E-state index contributed by atoms with van der Waals surface area (Å²) in [6.45, 7) is 0. The van der Waals surface area contributed by atoms with Gasteiger partial charge < -0.3 is 49.6 Å². The van der Waals surface area contributed by atoms with E-state index in [9.17, 15) is 37.8 Å². The zero-order valence-electron chi connectivity index (χ0n) is 25.6. The summed E-state index contributed by atoms with van der Waals surface area (Å²) < 4.78 is 72.0. The maximum atomic E-state index is 13.1. The minimum absolute atomic E-state index is 0.182. The number of fused-ring (bicyclic) bond motifs is 2. The first-order chi connectivity index (χ1) is 23.8. The molecule has 276 valence electrons. The van der Waals surface area contributed by atoms with Crippen molar-refractivity contribution in [1.29, 1.82) is 0 Å². The molecule has 6 rings (SSSR count). The predicted octanol–water partition coefficient (Wildman–Crippen LogP) is 3.69. The molecule has 0 saturated carbocycles. The third kappa shape index (κ3) is 8.00. The quantitative estimate of drug-likeness (QED) is 0.0596. The summed E-state index contributed by atoms with van der Waals surface area (Å²) in [5, 5.41) is 0. The van der Waals surface area contributed by atoms with Gasteiger partial charge in [-0.15, -0.1) is 0 Å². The van der Waals surface area contributed by atoms with Gasteiger partial charge in [-0.25, -0.2) is 38.5 Å². The van der Waals surface area contributed by atoms with Crippen molar-refractivity contribution in [2.75, 3.05) is 24.2 Å². The maximum Gasteiger partial charge on any atom is 0.375 e. The highest BCUT2D eigenvalue weighted by atomic mass is 79.9. The van der Waals surface area contributed by atoms with E-state index >= 15 is 0 Å². The summed E-state index contributed by atoms with van der Waals surface area (Å²) in [5.41, 5.74) is 13.3. The van der Waals surface area contributed by atoms with Crippen molar-refractivity contribution >= 4 is 96.2 Å². The van der Waals surface area contributed by atoms with E-state index in [1.165, 1.54) is 25.3 Å². The molecule has 28 heteroatoms. The minimum atomic E-state index is -5.74. The number of halogens is 2. The first kappa shape index (κ1) is 38.5. The van der Waals surface area contributed by atoms with E-state index in [1.54, 1.807) is 33.4 Å². The van der Waals surface area contributed by atoms with Crippen LogP contribution in [0.3, 0.4) is 0 Å². The summed E-state index contributed by atoms with van der Waals surface area (Å²) in [7, 11) is -21.8. The van der Waals surface area contributed by atoms with Crippen molar-refractivity contribution in [1.82, 2.24) is 39.0 Å². The van der Waals surface area contributed by atoms with Crippen molar-refractivity contribution < 1.29 is 55.9 Å². The molecule has 8 atom stereocenters. The number of anilines is 2. The molecule has 0 saturated heterocycles. The molecule has 2 aliphatic carbocycles. The lowest BCUT2D eigenvalue weighted by Gasteiger charge is -2.31. The van der Waals surface area contributed by atoms with Crippen molar-refractivity contribution in [2.45, 2.75) is 39.8 Å². The van der Waals surface area contributed by atoms with E-state index < -0.39 is 58.0 Å². The SMILES string of the molecule is Nc1ncnc2c1ncn2C1C=CC(OCP(=O)(O)OP(=O)(O)C(Br)(Br)P(=O)(O)OP(=O)(O)COC2C=CC(n3cnc4c(N)ncnc43)C2)C1. The number of nitrogens with zero attached hydrogens (tertiary/aromatic N) is 8. The van der Waals surface area contributed by atoms with Crippen LogP contribution in [0.4, 0.5) is 11.6 Å². The van der Waals surface area contributed by atoms with Crippen LogP contribution in [-0.4, -0.2) is 86.2 Å². The third-order valence-electron chi connectivity index (χ3n) is 7.59. The molecule has 0 fully saturated rings. The molecule has 0 amide bonds. The number of allylic oxidation sites excluding steroid dienone is 2. The molecule has 0 aromatic carbocycles. The normalized spacial score (nSPS) is 25.5. The van der Waals surface area contributed by atoms with Crippen LogP contribution in [-0.2, 0) is 36.4 Å². The highest BCUT2D eigenvalue weighted by molar-refractivity contribution is 9.29.